The zero-order chi connectivity index (χ0) is 15.0. The summed E-state index contributed by atoms with van der Waals surface area (Å²) in [6.07, 6.45) is 0. The van der Waals surface area contributed by atoms with E-state index in [1.54, 1.807) is 18.2 Å². The SMILES string of the molecule is Cc1cc(Br)cc(C(=O)Nc2cc3c(cc2N)OCO3)c1. The maximum Gasteiger partial charge on any atom is 0.255 e. The zero-order valence-electron chi connectivity index (χ0n) is 11.3. The van der Waals surface area contributed by atoms with E-state index in [1.807, 2.05) is 19.1 Å². The Bertz CT molecular complexity index is 711. The summed E-state index contributed by atoms with van der Waals surface area (Å²) in [4.78, 5) is 12.3. The van der Waals surface area contributed by atoms with Crippen LogP contribution < -0.4 is 20.5 Å². The summed E-state index contributed by atoms with van der Waals surface area (Å²) in [5.41, 5.74) is 8.40. The highest BCUT2D eigenvalue weighted by Crippen LogP contribution is 2.38. The number of ether oxygens (including phenoxy) is 2. The highest BCUT2D eigenvalue weighted by molar-refractivity contribution is 9.10. The fourth-order valence-corrected chi connectivity index (χ4v) is 2.74. The lowest BCUT2D eigenvalue weighted by Crippen LogP contribution is -2.13. The fraction of sp³-hybridized carbons (Fsp3) is 0.133. The van der Waals surface area contributed by atoms with E-state index in [0.717, 1.165) is 10.0 Å². The van der Waals surface area contributed by atoms with Gasteiger partial charge in [0.2, 0.25) is 6.79 Å². The summed E-state index contributed by atoms with van der Waals surface area (Å²) in [5, 5.41) is 2.79. The second-order valence-corrected chi connectivity index (χ2v) is 5.68. The summed E-state index contributed by atoms with van der Waals surface area (Å²) >= 11 is 3.38. The maximum atomic E-state index is 12.3. The highest BCUT2D eigenvalue weighted by atomic mass is 79.9. The van der Waals surface area contributed by atoms with Crippen molar-refractivity contribution in [3.05, 3.63) is 45.9 Å². The Kier molecular flexibility index (Phi) is 3.47. The molecule has 6 heteroatoms. The summed E-state index contributed by atoms with van der Waals surface area (Å²) in [6, 6.07) is 8.81. The molecule has 3 N–H and O–H groups in total. The van der Waals surface area contributed by atoms with Gasteiger partial charge in [-0.1, -0.05) is 15.9 Å². The number of hydrogen-bond donors (Lipinski definition) is 2. The molecule has 2 aromatic carbocycles. The van der Waals surface area contributed by atoms with Gasteiger partial charge in [-0.2, -0.15) is 0 Å². The molecule has 0 atom stereocenters. The smallest absolute Gasteiger partial charge is 0.255 e. The molecule has 0 saturated carbocycles. The van der Waals surface area contributed by atoms with Gasteiger partial charge in [0.1, 0.15) is 0 Å². The molecule has 0 aliphatic carbocycles. The lowest BCUT2D eigenvalue weighted by Gasteiger charge is -2.10. The Labute approximate surface area is 130 Å². The minimum absolute atomic E-state index is 0.164. The number of rotatable bonds is 2. The van der Waals surface area contributed by atoms with Gasteiger partial charge < -0.3 is 20.5 Å². The largest absolute Gasteiger partial charge is 0.454 e. The van der Waals surface area contributed by atoms with Gasteiger partial charge in [-0.15, -0.1) is 0 Å². The van der Waals surface area contributed by atoms with Crippen LogP contribution in [0.15, 0.2) is 34.8 Å². The molecule has 3 rings (SSSR count). The molecule has 0 aromatic heterocycles. The first-order valence-electron chi connectivity index (χ1n) is 6.30. The number of halogens is 1. The van der Waals surface area contributed by atoms with Crippen molar-refractivity contribution in [3.63, 3.8) is 0 Å². The Morgan fingerprint density at radius 1 is 1.19 bits per heavy atom. The van der Waals surface area contributed by atoms with Crippen molar-refractivity contribution in [2.45, 2.75) is 6.92 Å². The molecular formula is C15H13BrN2O3. The van der Waals surface area contributed by atoms with Gasteiger partial charge in [-0.25, -0.2) is 0 Å². The van der Waals surface area contributed by atoms with Gasteiger partial charge in [-0.05, 0) is 30.7 Å². The molecule has 0 fully saturated rings. The molecule has 5 nitrogen and oxygen atoms in total. The number of anilines is 2. The van der Waals surface area contributed by atoms with Crippen molar-refractivity contribution < 1.29 is 14.3 Å². The number of hydrogen-bond acceptors (Lipinski definition) is 4. The Morgan fingerprint density at radius 3 is 2.62 bits per heavy atom. The van der Waals surface area contributed by atoms with Crippen molar-refractivity contribution in [1.29, 1.82) is 0 Å². The number of aryl methyl sites for hydroxylation is 1. The number of benzene rings is 2. The second-order valence-electron chi connectivity index (χ2n) is 4.76. The van der Waals surface area contributed by atoms with Gasteiger partial charge >= 0.3 is 0 Å². The minimum Gasteiger partial charge on any atom is -0.454 e. The second kappa shape index (κ2) is 5.29. The molecule has 0 radical (unpaired) electrons. The van der Waals surface area contributed by atoms with Crippen LogP contribution in [0, 0.1) is 6.92 Å². The van der Waals surface area contributed by atoms with Gasteiger partial charge in [-0.3, -0.25) is 4.79 Å². The van der Waals surface area contributed by atoms with E-state index in [4.69, 9.17) is 15.2 Å². The molecule has 108 valence electrons. The predicted molar refractivity (Wildman–Crippen MR) is 83.8 cm³/mol. The molecular weight excluding hydrogens is 336 g/mol. The van der Waals surface area contributed by atoms with Crippen LogP contribution in [0.3, 0.4) is 0 Å². The molecule has 0 bridgehead atoms. The third-order valence-electron chi connectivity index (χ3n) is 3.10. The van der Waals surface area contributed by atoms with E-state index < -0.39 is 0 Å². The highest BCUT2D eigenvalue weighted by Gasteiger charge is 2.17. The van der Waals surface area contributed by atoms with Gasteiger partial charge in [0.15, 0.2) is 11.5 Å². The molecule has 0 saturated heterocycles. The molecule has 2 aromatic rings. The molecule has 1 heterocycles. The minimum atomic E-state index is -0.232. The quantitative estimate of drug-likeness (QED) is 0.816. The first-order valence-corrected chi connectivity index (χ1v) is 7.10. The van der Waals surface area contributed by atoms with Crippen molar-refractivity contribution in [1.82, 2.24) is 0 Å². The van der Waals surface area contributed by atoms with E-state index in [1.165, 1.54) is 0 Å². The summed E-state index contributed by atoms with van der Waals surface area (Å²) < 4.78 is 11.4. The van der Waals surface area contributed by atoms with Crippen LogP contribution in [0.1, 0.15) is 15.9 Å². The van der Waals surface area contributed by atoms with Gasteiger partial charge in [0.05, 0.1) is 11.4 Å². The topological polar surface area (TPSA) is 73.6 Å². The molecule has 1 aliphatic rings. The molecule has 0 unspecified atom stereocenters. The molecule has 1 aliphatic heterocycles. The monoisotopic (exact) mass is 348 g/mol. The number of fused-ring (bicyclic) bond motifs is 1. The number of nitrogens with one attached hydrogen (secondary N) is 1. The van der Waals surface area contributed by atoms with Gasteiger partial charge in [0, 0.05) is 22.2 Å². The standard InChI is InChI=1S/C15H13BrN2O3/c1-8-2-9(4-10(16)3-8)15(19)18-12-6-14-13(5-11(12)17)20-7-21-14/h2-6H,7,17H2,1H3,(H,18,19). The van der Waals surface area contributed by atoms with Crippen LogP contribution in [0.4, 0.5) is 11.4 Å². The summed E-state index contributed by atoms with van der Waals surface area (Å²) in [6.45, 7) is 2.09. The normalized spacial score (nSPS) is 12.3. The maximum absolute atomic E-state index is 12.3. The van der Waals surface area contributed by atoms with Crippen LogP contribution >= 0.6 is 15.9 Å². The van der Waals surface area contributed by atoms with Crippen molar-refractivity contribution >= 4 is 33.2 Å². The third-order valence-corrected chi connectivity index (χ3v) is 3.56. The Hall–Kier alpha value is -2.21. The first kappa shape index (κ1) is 13.8. The third kappa shape index (κ3) is 2.80. The Balaban J connectivity index is 1.88. The fourth-order valence-electron chi connectivity index (χ4n) is 2.13. The van der Waals surface area contributed by atoms with Crippen LogP contribution in [0.5, 0.6) is 11.5 Å². The average molecular weight is 349 g/mol. The van der Waals surface area contributed by atoms with E-state index in [-0.39, 0.29) is 12.7 Å². The Morgan fingerprint density at radius 2 is 1.90 bits per heavy atom. The molecule has 0 spiro atoms. The number of carbonyl (C=O) groups is 1. The lowest BCUT2D eigenvalue weighted by atomic mass is 10.1. The van der Waals surface area contributed by atoms with Crippen molar-refractivity contribution in [3.8, 4) is 11.5 Å². The predicted octanol–water partition coefficient (Wildman–Crippen LogP) is 3.32. The van der Waals surface area contributed by atoms with E-state index in [9.17, 15) is 4.79 Å². The first-order chi connectivity index (χ1) is 10.0. The zero-order valence-corrected chi connectivity index (χ0v) is 12.9. The van der Waals surface area contributed by atoms with E-state index >= 15 is 0 Å². The number of nitrogen functional groups attached to an aromatic ring is 1. The number of amides is 1. The lowest BCUT2D eigenvalue weighted by molar-refractivity contribution is 0.102. The van der Waals surface area contributed by atoms with Crippen LogP contribution in [0.25, 0.3) is 0 Å². The van der Waals surface area contributed by atoms with E-state index in [0.29, 0.717) is 28.4 Å². The van der Waals surface area contributed by atoms with Crippen LogP contribution in [-0.2, 0) is 0 Å². The summed E-state index contributed by atoms with van der Waals surface area (Å²) in [7, 11) is 0. The summed E-state index contributed by atoms with van der Waals surface area (Å²) in [5.74, 6) is 0.929. The average Bonchev–Trinajstić information content (AvgIpc) is 2.85. The van der Waals surface area contributed by atoms with Crippen LogP contribution in [0.2, 0.25) is 0 Å². The van der Waals surface area contributed by atoms with Gasteiger partial charge in [0.25, 0.3) is 5.91 Å². The number of carbonyl (C=O) groups excluding carboxylic acids is 1. The van der Waals surface area contributed by atoms with E-state index in [2.05, 4.69) is 21.2 Å². The van der Waals surface area contributed by atoms with Crippen molar-refractivity contribution in [2.75, 3.05) is 17.8 Å². The van der Waals surface area contributed by atoms with Crippen molar-refractivity contribution in [2.24, 2.45) is 0 Å². The molecule has 1 amide bonds. The van der Waals surface area contributed by atoms with Crippen LogP contribution in [-0.4, -0.2) is 12.7 Å². The number of nitrogens with two attached hydrogens (primary N) is 1. The molecule has 21 heavy (non-hydrogen) atoms.